The highest BCUT2D eigenvalue weighted by atomic mass is 35.7. The number of thiophene rings is 1. The number of Topliss-reactive ketones (excluding diaryl/α,β-unsaturated/α-hetero) is 1. The van der Waals surface area contributed by atoms with E-state index in [-0.39, 0.29) is 16.5 Å². The molecule has 0 aliphatic heterocycles. The van der Waals surface area contributed by atoms with Crippen molar-refractivity contribution < 1.29 is 13.2 Å². The van der Waals surface area contributed by atoms with E-state index < -0.39 is 9.05 Å². The molecule has 0 spiro atoms. The van der Waals surface area contributed by atoms with E-state index in [1.54, 1.807) is 30.3 Å². The molecule has 0 aliphatic rings. The molecule has 0 amide bonds. The van der Waals surface area contributed by atoms with Crippen molar-refractivity contribution in [3.63, 3.8) is 0 Å². The highest BCUT2D eigenvalue weighted by Gasteiger charge is 2.13. The fraction of sp³-hybridized carbons (Fsp3) is 0.154. The Balaban J connectivity index is 1.88. The van der Waals surface area contributed by atoms with Gasteiger partial charge in [-0.05, 0) is 36.4 Å². The van der Waals surface area contributed by atoms with Crippen LogP contribution in [0.3, 0.4) is 0 Å². The summed E-state index contributed by atoms with van der Waals surface area (Å²) in [5, 5.41) is 3.55. The van der Waals surface area contributed by atoms with Crippen LogP contribution in [0.25, 0.3) is 0 Å². The summed E-state index contributed by atoms with van der Waals surface area (Å²) in [5.74, 6) is -0.0617. The number of carbonyl (C=O) groups excluding carboxylic acids is 1. The maximum Gasteiger partial charge on any atom is 0.270 e. The molecule has 4 nitrogen and oxygen atoms in total. The Morgan fingerprint density at radius 3 is 2.38 bits per heavy atom. The quantitative estimate of drug-likeness (QED) is 0.631. The van der Waals surface area contributed by atoms with Gasteiger partial charge in [0.05, 0.1) is 6.54 Å². The van der Waals surface area contributed by atoms with E-state index in [0.29, 0.717) is 17.1 Å². The standard InChI is InChI=1S/C13H11Cl2NO3S2/c14-10-3-1-9(2-4-10)12(17)8-16-7-11-5-6-13(20-11)21(15,18)19/h1-6,16H,7-8H2. The minimum absolute atomic E-state index is 0.0617. The molecule has 1 heterocycles. The van der Waals surface area contributed by atoms with E-state index in [4.69, 9.17) is 22.3 Å². The highest BCUT2D eigenvalue weighted by molar-refractivity contribution is 8.15. The van der Waals surface area contributed by atoms with Crippen molar-refractivity contribution in [2.24, 2.45) is 0 Å². The predicted octanol–water partition coefficient (Wildman–Crippen LogP) is 3.30. The van der Waals surface area contributed by atoms with Gasteiger partial charge >= 0.3 is 0 Å². The Labute approximate surface area is 136 Å². The number of hydrogen-bond acceptors (Lipinski definition) is 5. The normalized spacial score (nSPS) is 11.5. The summed E-state index contributed by atoms with van der Waals surface area (Å²) in [5.41, 5.74) is 0.571. The lowest BCUT2D eigenvalue weighted by molar-refractivity contribution is 0.0991. The monoisotopic (exact) mass is 363 g/mol. The van der Waals surface area contributed by atoms with Crippen LogP contribution in [-0.4, -0.2) is 20.7 Å². The first kappa shape index (κ1) is 16.5. The van der Waals surface area contributed by atoms with Gasteiger partial charge in [-0.3, -0.25) is 4.79 Å². The highest BCUT2D eigenvalue weighted by Crippen LogP contribution is 2.24. The minimum Gasteiger partial charge on any atom is -0.305 e. The van der Waals surface area contributed by atoms with Crippen LogP contribution in [0.2, 0.25) is 5.02 Å². The van der Waals surface area contributed by atoms with Crippen LogP contribution in [0.5, 0.6) is 0 Å². The molecule has 2 aromatic rings. The van der Waals surface area contributed by atoms with Gasteiger partial charge in [0.15, 0.2) is 5.78 Å². The predicted molar refractivity (Wildman–Crippen MR) is 84.8 cm³/mol. The summed E-state index contributed by atoms with van der Waals surface area (Å²) in [6.45, 7) is 0.554. The first-order valence-electron chi connectivity index (χ1n) is 5.89. The van der Waals surface area contributed by atoms with Crippen molar-refractivity contribution in [3.8, 4) is 0 Å². The van der Waals surface area contributed by atoms with E-state index in [1.165, 1.54) is 6.07 Å². The van der Waals surface area contributed by atoms with E-state index in [9.17, 15) is 13.2 Å². The third-order valence-electron chi connectivity index (χ3n) is 2.63. The van der Waals surface area contributed by atoms with Gasteiger partial charge in [0.2, 0.25) is 0 Å². The Morgan fingerprint density at radius 1 is 1.14 bits per heavy atom. The van der Waals surface area contributed by atoms with E-state index >= 15 is 0 Å². The number of carbonyl (C=O) groups is 1. The molecule has 0 aliphatic carbocycles. The molecule has 8 heteroatoms. The van der Waals surface area contributed by atoms with Crippen LogP contribution in [0.1, 0.15) is 15.2 Å². The van der Waals surface area contributed by atoms with Crippen LogP contribution in [0, 0.1) is 0 Å². The van der Waals surface area contributed by atoms with Crippen LogP contribution in [-0.2, 0) is 15.6 Å². The lowest BCUT2D eigenvalue weighted by Crippen LogP contribution is -2.22. The average molecular weight is 364 g/mol. The largest absolute Gasteiger partial charge is 0.305 e. The van der Waals surface area contributed by atoms with Gasteiger partial charge in [-0.25, -0.2) is 8.42 Å². The first-order valence-corrected chi connectivity index (χ1v) is 9.39. The SMILES string of the molecule is O=C(CNCc1ccc(S(=O)(=O)Cl)s1)c1ccc(Cl)cc1. The Bertz CT molecular complexity index is 739. The fourth-order valence-electron chi connectivity index (χ4n) is 1.62. The molecule has 2 rings (SSSR count). The minimum atomic E-state index is -3.69. The van der Waals surface area contributed by atoms with Gasteiger partial charge in [0.25, 0.3) is 9.05 Å². The number of nitrogens with one attached hydrogen (secondary N) is 1. The zero-order valence-corrected chi connectivity index (χ0v) is 13.8. The van der Waals surface area contributed by atoms with Gasteiger partial charge in [0.1, 0.15) is 4.21 Å². The van der Waals surface area contributed by atoms with Gasteiger partial charge in [-0.1, -0.05) is 11.6 Å². The maximum atomic E-state index is 11.9. The molecule has 21 heavy (non-hydrogen) atoms. The third-order valence-corrected chi connectivity index (χ3v) is 6.06. The summed E-state index contributed by atoms with van der Waals surface area (Å²) in [4.78, 5) is 12.7. The van der Waals surface area contributed by atoms with Crippen molar-refractivity contribution in [3.05, 3.63) is 51.9 Å². The lowest BCUT2D eigenvalue weighted by Gasteiger charge is -2.03. The Kier molecular flexibility index (Phi) is 5.40. The van der Waals surface area contributed by atoms with Gasteiger partial charge in [0, 0.05) is 32.7 Å². The number of rotatable bonds is 6. The smallest absolute Gasteiger partial charge is 0.270 e. The molecular formula is C13H11Cl2NO3S2. The average Bonchev–Trinajstić information content (AvgIpc) is 2.88. The second-order valence-corrected chi connectivity index (χ2v) is 8.59. The van der Waals surface area contributed by atoms with E-state index in [1.807, 2.05) is 0 Å². The van der Waals surface area contributed by atoms with E-state index in [2.05, 4.69) is 5.32 Å². The summed E-state index contributed by atoms with van der Waals surface area (Å²) in [7, 11) is 1.56. The molecule has 112 valence electrons. The lowest BCUT2D eigenvalue weighted by atomic mass is 10.1. The number of halogens is 2. The second-order valence-electron chi connectivity index (χ2n) is 4.19. The molecule has 0 atom stereocenters. The topological polar surface area (TPSA) is 63.2 Å². The van der Waals surface area contributed by atoms with Gasteiger partial charge in [-0.2, -0.15) is 0 Å². The van der Waals surface area contributed by atoms with Crippen molar-refractivity contribution in [1.29, 1.82) is 0 Å². The van der Waals surface area contributed by atoms with Gasteiger partial charge < -0.3 is 5.32 Å². The molecule has 0 saturated carbocycles. The van der Waals surface area contributed by atoms with Crippen molar-refractivity contribution in [2.45, 2.75) is 10.8 Å². The van der Waals surface area contributed by atoms with Crippen LogP contribution in [0.4, 0.5) is 0 Å². The summed E-state index contributed by atoms with van der Waals surface area (Å²) < 4.78 is 22.4. The third kappa shape index (κ3) is 4.79. The van der Waals surface area contributed by atoms with Crippen LogP contribution < -0.4 is 5.32 Å². The van der Waals surface area contributed by atoms with Crippen molar-refractivity contribution >= 4 is 48.5 Å². The molecule has 1 aromatic heterocycles. The van der Waals surface area contributed by atoms with Gasteiger partial charge in [-0.15, -0.1) is 11.3 Å². The Hall–Kier alpha value is -0.920. The zero-order valence-electron chi connectivity index (χ0n) is 10.7. The van der Waals surface area contributed by atoms with Crippen LogP contribution >= 0.6 is 33.6 Å². The van der Waals surface area contributed by atoms with Crippen molar-refractivity contribution in [1.82, 2.24) is 5.32 Å². The second kappa shape index (κ2) is 6.89. The van der Waals surface area contributed by atoms with Crippen molar-refractivity contribution in [2.75, 3.05) is 6.54 Å². The van der Waals surface area contributed by atoms with Crippen LogP contribution in [0.15, 0.2) is 40.6 Å². The molecule has 0 radical (unpaired) electrons. The number of benzene rings is 1. The number of ketones is 1. The Morgan fingerprint density at radius 2 is 1.81 bits per heavy atom. The molecule has 0 fully saturated rings. The van der Waals surface area contributed by atoms with E-state index in [0.717, 1.165) is 16.2 Å². The summed E-state index contributed by atoms with van der Waals surface area (Å²) in [6.07, 6.45) is 0. The summed E-state index contributed by atoms with van der Waals surface area (Å²) >= 11 is 6.83. The fourth-order valence-corrected chi connectivity index (χ4v) is 3.84. The molecular weight excluding hydrogens is 353 g/mol. The molecule has 0 saturated heterocycles. The molecule has 0 unspecified atom stereocenters. The summed E-state index contributed by atoms with van der Waals surface area (Å²) in [6, 6.07) is 9.76. The molecule has 1 aromatic carbocycles. The first-order chi connectivity index (χ1) is 9.86. The number of hydrogen-bond donors (Lipinski definition) is 1. The molecule has 0 bridgehead atoms. The maximum absolute atomic E-state index is 11.9. The molecule has 1 N–H and O–H groups in total. The zero-order chi connectivity index (χ0) is 15.5.